The second-order valence-electron chi connectivity index (χ2n) is 6.01. The Labute approximate surface area is 119 Å². The van der Waals surface area contributed by atoms with E-state index in [0.29, 0.717) is 0 Å². The minimum absolute atomic E-state index is 1.35. The van der Waals surface area contributed by atoms with Crippen molar-refractivity contribution in [1.82, 2.24) is 0 Å². The van der Waals surface area contributed by atoms with Crippen LogP contribution in [-0.2, 0) is 0 Å². The van der Waals surface area contributed by atoms with E-state index in [0.717, 1.165) is 0 Å². The van der Waals surface area contributed by atoms with Crippen LogP contribution < -0.4 is 10.4 Å². The standard InChI is InChI=1S/C20H18/c1-11-9-17-16-8-6-5-7-15(16)10-18(17)20-14(4)12(2)13(3)19(11)20/h5-10H,1-4H3. The number of fused-ring (bicyclic) bond motifs is 4. The topological polar surface area (TPSA) is 0 Å². The molecule has 2 aliphatic rings. The monoisotopic (exact) mass is 258 g/mol. The summed E-state index contributed by atoms with van der Waals surface area (Å²) in [5, 5.41) is 5.59. The molecule has 0 nitrogen and oxygen atoms in total. The van der Waals surface area contributed by atoms with Gasteiger partial charge in [0.05, 0.1) is 0 Å². The summed E-state index contributed by atoms with van der Waals surface area (Å²) in [4.78, 5) is 0. The third-order valence-corrected chi connectivity index (χ3v) is 4.99. The van der Waals surface area contributed by atoms with E-state index in [1.807, 2.05) is 0 Å². The first kappa shape index (κ1) is 11.7. The number of benzene rings is 2. The van der Waals surface area contributed by atoms with E-state index < -0.39 is 0 Å². The van der Waals surface area contributed by atoms with Crippen LogP contribution in [0.4, 0.5) is 0 Å². The van der Waals surface area contributed by atoms with Crippen LogP contribution in [0.2, 0.25) is 0 Å². The minimum Gasteiger partial charge on any atom is -0.0616 e. The molecule has 0 saturated carbocycles. The molecule has 0 fully saturated rings. The lowest BCUT2D eigenvalue weighted by atomic mass is 9.97. The molecule has 2 aromatic rings. The second-order valence-corrected chi connectivity index (χ2v) is 6.01. The SMILES string of the molecule is CC1=C(C)c2c3c(cc(C)c2=C1C)=c1ccccc1=C3. The van der Waals surface area contributed by atoms with Gasteiger partial charge in [0.15, 0.2) is 0 Å². The van der Waals surface area contributed by atoms with Crippen LogP contribution in [0.25, 0.3) is 17.2 Å². The summed E-state index contributed by atoms with van der Waals surface area (Å²) in [6, 6.07) is 11.1. The van der Waals surface area contributed by atoms with E-state index in [1.165, 1.54) is 54.3 Å². The van der Waals surface area contributed by atoms with Crippen LogP contribution in [0.5, 0.6) is 0 Å². The van der Waals surface area contributed by atoms with E-state index in [9.17, 15) is 0 Å². The Kier molecular flexibility index (Phi) is 2.18. The van der Waals surface area contributed by atoms with Crippen molar-refractivity contribution >= 4 is 17.2 Å². The average Bonchev–Trinajstić information content (AvgIpc) is 2.91. The highest BCUT2D eigenvalue weighted by Gasteiger charge is 2.20. The van der Waals surface area contributed by atoms with Crippen LogP contribution in [0.1, 0.15) is 37.5 Å². The molecule has 0 spiro atoms. The minimum atomic E-state index is 1.35. The van der Waals surface area contributed by atoms with E-state index >= 15 is 0 Å². The van der Waals surface area contributed by atoms with Gasteiger partial charge in [-0.15, -0.1) is 0 Å². The lowest BCUT2D eigenvalue weighted by Crippen LogP contribution is -2.13. The molecule has 0 heteroatoms. The lowest BCUT2D eigenvalue weighted by molar-refractivity contribution is 1.33. The fraction of sp³-hybridized carbons (Fsp3) is 0.200. The summed E-state index contributed by atoms with van der Waals surface area (Å²) in [5.41, 5.74) is 8.62. The number of hydrogen-bond acceptors (Lipinski definition) is 0. The van der Waals surface area contributed by atoms with E-state index in [2.05, 4.69) is 64.1 Å². The first-order valence-electron chi connectivity index (χ1n) is 7.23. The third-order valence-electron chi connectivity index (χ3n) is 4.99. The summed E-state index contributed by atoms with van der Waals surface area (Å²) >= 11 is 0. The Morgan fingerprint density at radius 3 is 2.30 bits per heavy atom. The van der Waals surface area contributed by atoms with Crippen LogP contribution >= 0.6 is 0 Å². The Balaban J connectivity index is 2.34. The molecule has 98 valence electrons. The second kappa shape index (κ2) is 3.73. The molecular weight excluding hydrogens is 240 g/mol. The van der Waals surface area contributed by atoms with Crippen molar-refractivity contribution in [1.29, 1.82) is 0 Å². The van der Waals surface area contributed by atoms with Crippen molar-refractivity contribution in [2.45, 2.75) is 27.7 Å². The number of rotatable bonds is 0. The Bertz CT molecular complexity index is 1010. The molecule has 0 aliphatic heterocycles. The smallest absolute Gasteiger partial charge is 0.00675 e. The van der Waals surface area contributed by atoms with Crippen molar-refractivity contribution in [2.24, 2.45) is 0 Å². The van der Waals surface area contributed by atoms with Gasteiger partial charge in [0, 0.05) is 0 Å². The molecule has 0 heterocycles. The maximum atomic E-state index is 2.37. The molecular formula is C20H18. The molecule has 4 rings (SSSR count). The normalized spacial score (nSPS) is 15.1. The van der Waals surface area contributed by atoms with Gasteiger partial charge in [0.1, 0.15) is 0 Å². The highest BCUT2D eigenvalue weighted by Crippen LogP contribution is 2.32. The fourth-order valence-corrected chi connectivity index (χ4v) is 3.76. The van der Waals surface area contributed by atoms with Crippen LogP contribution in [0.15, 0.2) is 35.9 Å². The van der Waals surface area contributed by atoms with Gasteiger partial charge in [-0.2, -0.15) is 0 Å². The van der Waals surface area contributed by atoms with Crippen molar-refractivity contribution in [3.63, 3.8) is 0 Å². The Morgan fingerprint density at radius 1 is 0.750 bits per heavy atom. The fourth-order valence-electron chi connectivity index (χ4n) is 3.76. The highest BCUT2D eigenvalue weighted by molar-refractivity contribution is 5.91. The van der Waals surface area contributed by atoms with Crippen LogP contribution in [0.3, 0.4) is 0 Å². The molecule has 0 atom stereocenters. The Morgan fingerprint density at radius 2 is 1.50 bits per heavy atom. The quantitative estimate of drug-likeness (QED) is 0.580. The van der Waals surface area contributed by atoms with E-state index in [1.54, 1.807) is 0 Å². The molecule has 20 heavy (non-hydrogen) atoms. The molecule has 0 unspecified atom stereocenters. The summed E-state index contributed by atoms with van der Waals surface area (Å²) in [6.07, 6.45) is 2.36. The Hall–Kier alpha value is -2.08. The maximum Gasteiger partial charge on any atom is -0.00675 e. The molecule has 2 aromatic carbocycles. The predicted molar refractivity (Wildman–Crippen MR) is 85.5 cm³/mol. The zero-order valence-electron chi connectivity index (χ0n) is 12.5. The van der Waals surface area contributed by atoms with Crippen LogP contribution in [0, 0.1) is 17.4 Å². The molecule has 0 N–H and O–H groups in total. The zero-order valence-corrected chi connectivity index (χ0v) is 12.5. The third kappa shape index (κ3) is 1.27. The van der Waals surface area contributed by atoms with Crippen molar-refractivity contribution < 1.29 is 0 Å². The maximum absolute atomic E-state index is 2.37. The lowest BCUT2D eigenvalue weighted by Gasteiger charge is -2.07. The first-order valence-corrected chi connectivity index (χ1v) is 7.23. The summed E-state index contributed by atoms with van der Waals surface area (Å²) < 4.78 is 0. The molecule has 0 radical (unpaired) electrons. The highest BCUT2D eigenvalue weighted by atomic mass is 14.2. The molecule has 0 amide bonds. The zero-order chi connectivity index (χ0) is 14.0. The van der Waals surface area contributed by atoms with Gasteiger partial charge in [0.25, 0.3) is 0 Å². The summed E-state index contributed by atoms with van der Waals surface area (Å²) in [6.45, 7) is 9.02. The summed E-state index contributed by atoms with van der Waals surface area (Å²) in [5.74, 6) is 0. The van der Waals surface area contributed by atoms with Gasteiger partial charge >= 0.3 is 0 Å². The first-order chi connectivity index (χ1) is 9.59. The summed E-state index contributed by atoms with van der Waals surface area (Å²) in [7, 11) is 0. The van der Waals surface area contributed by atoms with Crippen molar-refractivity contribution in [2.75, 3.05) is 0 Å². The number of aryl methyl sites for hydroxylation is 1. The molecule has 0 aromatic heterocycles. The predicted octanol–water partition coefficient (Wildman–Crippen LogP) is 3.40. The average molecular weight is 258 g/mol. The number of allylic oxidation sites excluding steroid dienone is 2. The van der Waals surface area contributed by atoms with E-state index in [4.69, 9.17) is 0 Å². The molecule has 0 saturated heterocycles. The van der Waals surface area contributed by atoms with Gasteiger partial charge in [0.2, 0.25) is 0 Å². The van der Waals surface area contributed by atoms with E-state index in [-0.39, 0.29) is 0 Å². The van der Waals surface area contributed by atoms with Gasteiger partial charge in [-0.1, -0.05) is 30.3 Å². The van der Waals surface area contributed by atoms with Crippen molar-refractivity contribution in [3.05, 3.63) is 73.5 Å². The van der Waals surface area contributed by atoms with Gasteiger partial charge in [-0.25, -0.2) is 0 Å². The van der Waals surface area contributed by atoms with Crippen LogP contribution in [-0.4, -0.2) is 0 Å². The largest absolute Gasteiger partial charge is 0.0616 e. The van der Waals surface area contributed by atoms with Gasteiger partial charge in [-0.3, -0.25) is 0 Å². The molecule has 0 bridgehead atoms. The van der Waals surface area contributed by atoms with Crippen molar-refractivity contribution in [3.8, 4) is 0 Å². The number of hydrogen-bond donors (Lipinski definition) is 0. The van der Waals surface area contributed by atoms with Gasteiger partial charge < -0.3 is 0 Å². The van der Waals surface area contributed by atoms with Gasteiger partial charge in [-0.05, 0) is 88.1 Å². The molecule has 2 aliphatic carbocycles.